The molecule has 0 unspecified atom stereocenters. The number of aromatic carboxylic acids is 1. The maximum Gasteiger partial charge on any atom is 0.407 e. The van der Waals surface area contributed by atoms with Crippen molar-refractivity contribution in [2.45, 2.75) is 31.7 Å². The summed E-state index contributed by atoms with van der Waals surface area (Å²) in [5.74, 6) is -1.76. The third-order valence-corrected chi connectivity index (χ3v) is 6.32. The summed E-state index contributed by atoms with van der Waals surface area (Å²) in [5, 5.41) is 14.6. The van der Waals surface area contributed by atoms with E-state index < -0.39 is 24.0 Å². The average molecular weight is 493 g/mol. The van der Waals surface area contributed by atoms with Gasteiger partial charge >= 0.3 is 12.1 Å². The van der Waals surface area contributed by atoms with E-state index in [2.05, 4.69) is 22.8 Å². The first-order valence-corrected chi connectivity index (χ1v) is 11.7. The van der Waals surface area contributed by atoms with Crippen LogP contribution in [-0.4, -0.2) is 35.7 Å². The number of halogens is 1. The normalized spacial score (nSPS) is 12.9. The second-order valence-corrected chi connectivity index (χ2v) is 8.71. The number of rotatable bonds is 8. The van der Waals surface area contributed by atoms with Gasteiger partial charge in [0.05, 0.1) is 10.6 Å². The molecule has 7 nitrogen and oxygen atoms in total. The molecular formula is C27H25ClN2O5. The Hall–Kier alpha value is -3.84. The third kappa shape index (κ3) is 5.30. The van der Waals surface area contributed by atoms with Gasteiger partial charge in [-0.15, -0.1) is 0 Å². The first kappa shape index (κ1) is 24.3. The summed E-state index contributed by atoms with van der Waals surface area (Å²) in [5.41, 5.74) is 4.60. The molecule has 0 aromatic heterocycles. The van der Waals surface area contributed by atoms with Crippen LogP contribution in [0.25, 0.3) is 11.1 Å². The zero-order valence-electron chi connectivity index (χ0n) is 19.1. The van der Waals surface area contributed by atoms with Crippen LogP contribution < -0.4 is 10.6 Å². The van der Waals surface area contributed by atoms with Crippen molar-refractivity contribution in [3.63, 3.8) is 0 Å². The van der Waals surface area contributed by atoms with Crippen molar-refractivity contribution in [3.8, 4) is 11.1 Å². The van der Waals surface area contributed by atoms with Gasteiger partial charge in [0.25, 0.3) is 0 Å². The highest BCUT2D eigenvalue weighted by Crippen LogP contribution is 2.44. The number of nitrogens with one attached hydrogen (secondary N) is 2. The second-order valence-electron chi connectivity index (χ2n) is 8.30. The molecule has 1 aliphatic rings. The molecule has 0 saturated carbocycles. The lowest BCUT2D eigenvalue weighted by Crippen LogP contribution is -2.44. The standard InChI is InChI=1S/C27H25ClN2O5/c1-2-7-24(25(31)29-16-12-13-23(28)21(14-16)26(32)33)30-27(34)35-15-22-19-10-5-3-8-17(19)18-9-4-6-11-20(18)22/h3-6,8-14,22,24H,2,7,15H2,1H3,(H,29,31)(H,30,34)(H,32,33)/t24-/m0/s1. The van der Waals surface area contributed by atoms with Crippen LogP contribution in [0.4, 0.5) is 10.5 Å². The number of carbonyl (C=O) groups is 3. The zero-order valence-corrected chi connectivity index (χ0v) is 19.8. The Kier molecular flexibility index (Phi) is 7.36. The fraction of sp³-hybridized carbons (Fsp3) is 0.222. The Morgan fingerprint density at radius 3 is 2.23 bits per heavy atom. The summed E-state index contributed by atoms with van der Waals surface area (Å²) in [6, 6.07) is 19.4. The molecule has 1 atom stereocenters. The SMILES string of the molecule is CCC[C@H](NC(=O)OCC1c2ccccc2-c2ccccc21)C(=O)Nc1ccc(Cl)c(C(=O)O)c1. The van der Waals surface area contributed by atoms with E-state index in [1.807, 2.05) is 43.3 Å². The number of alkyl carbamates (subject to hydrolysis) is 1. The van der Waals surface area contributed by atoms with E-state index in [0.717, 1.165) is 22.3 Å². The van der Waals surface area contributed by atoms with Gasteiger partial charge in [-0.1, -0.05) is 73.5 Å². The van der Waals surface area contributed by atoms with Gasteiger partial charge in [0, 0.05) is 11.6 Å². The highest BCUT2D eigenvalue weighted by atomic mass is 35.5. The largest absolute Gasteiger partial charge is 0.478 e. The van der Waals surface area contributed by atoms with Crippen molar-refractivity contribution in [2.75, 3.05) is 11.9 Å². The number of anilines is 1. The Bertz CT molecular complexity index is 1230. The summed E-state index contributed by atoms with van der Waals surface area (Å²) in [4.78, 5) is 36.8. The summed E-state index contributed by atoms with van der Waals surface area (Å²) in [6.45, 7) is 2.03. The highest BCUT2D eigenvalue weighted by Gasteiger charge is 2.29. The zero-order chi connectivity index (χ0) is 24.9. The van der Waals surface area contributed by atoms with Gasteiger partial charge in [0.1, 0.15) is 12.6 Å². The lowest BCUT2D eigenvalue weighted by Gasteiger charge is -2.19. The Morgan fingerprint density at radius 2 is 1.63 bits per heavy atom. The van der Waals surface area contributed by atoms with Crippen molar-refractivity contribution < 1.29 is 24.2 Å². The maximum absolute atomic E-state index is 12.8. The molecule has 0 fully saturated rings. The average Bonchev–Trinajstić information content (AvgIpc) is 3.17. The number of carboxylic acids is 1. The molecule has 0 aliphatic heterocycles. The van der Waals surface area contributed by atoms with Gasteiger partial charge in [-0.25, -0.2) is 9.59 Å². The van der Waals surface area contributed by atoms with E-state index in [9.17, 15) is 19.5 Å². The van der Waals surface area contributed by atoms with Crippen LogP contribution in [0.15, 0.2) is 66.7 Å². The molecule has 180 valence electrons. The number of benzene rings is 3. The first-order valence-electron chi connectivity index (χ1n) is 11.3. The van der Waals surface area contributed by atoms with E-state index in [4.69, 9.17) is 16.3 Å². The van der Waals surface area contributed by atoms with Gasteiger partial charge < -0.3 is 20.5 Å². The van der Waals surface area contributed by atoms with E-state index in [0.29, 0.717) is 12.8 Å². The summed E-state index contributed by atoms with van der Waals surface area (Å²) < 4.78 is 5.56. The predicted molar refractivity (Wildman–Crippen MR) is 134 cm³/mol. The Morgan fingerprint density at radius 1 is 1.00 bits per heavy atom. The van der Waals surface area contributed by atoms with Crippen LogP contribution >= 0.6 is 11.6 Å². The van der Waals surface area contributed by atoms with Gasteiger partial charge in [-0.05, 0) is 46.9 Å². The lowest BCUT2D eigenvalue weighted by atomic mass is 9.98. The molecule has 0 saturated heterocycles. The van der Waals surface area contributed by atoms with Crippen molar-refractivity contribution in [2.24, 2.45) is 0 Å². The van der Waals surface area contributed by atoms with Gasteiger partial charge in [-0.3, -0.25) is 4.79 Å². The monoisotopic (exact) mass is 492 g/mol. The maximum atomic E-state index is 12.8. The number of carbonyl (C=O) groups excluding carboxylic acids is 2. The number of amides is 2. The predicted octanol–water partition coefficient (Wildman–Crippen LogP) is 5.68. The molecule has 8 heteroatoms. The molecule has 4 rings (SSSR count). The van der Waals surface area contributed by atoms with Gasteiger partial charge in [0.2, 0.25) is 5.91 Å². The molecule has 3 aromatic rings. The number of hydrogen-bond acceptors (Lipinski definition) is 4. The molecule has 0 radical (unpaired) electrons. The van der Waals surface area contributed by atoms with Crippen LogP contribution in [0, 0.1) is 0 Å². The summed E-state index contributed by atoms with van der Waals surface area (Å²) in [7, 11) is 0. The van der Waals surface area contributed by atoms with E-state index in [1.165, 1.54) is 18.2 Å². The molecule has 0 heterocycles. The van der Waals surface area contributed by atoms with Crippen molar-refractivity contribution in [1.82, 2.24) is 5.32 Å². The molecule has 2 amide bonds. The van der Waals surface area contributed by atoms with Crippen LogP contribution in [0.3, 0.4) is 0 Å². The number of hydrogen-bond donors (Lipinski definition) is 3. The minimum Gasteiger partial charge on any atom is -0.478 e. The Balaban J connectivity index is 1.41. The molecule has 1 aliphatic carbocycles. The fourth-order valence-corrected chi connectivity index (χ4v) is 4.53. The van der Waals surface area contributed by atoms with Crippen molar-refractivity contribution in [3.05, 3.63) is 88.4 Å². The first-order chi connectivity index (χ1) is 16.9. The second kappa shape index (κ2) is 10.6. The van der Waals surface area contributed by atoms with Crippen molar-refractivity contribution >= 4 is 35.3 Å². The molecule has 35 heavy (non-hydrogen) atoms. The quantitative estimate of drug-likeness (QED) is 0.375. The lowest BCUT2D eigenvalue weighted by molar-refractivity contribution is -0.118. The van der Waals surface area contributed by atoms with Crippen LogP contribution in [0.1, 0.15) is 47.2 Å². The minimum atomic E-state index is -1.20. The molecule has 3 N–H and O–H groups in total. The molecule has 3 aromatic carbocycles. The highest BCUT2D eigenvalue weighted by molar-refractivity contribution is 6.33. The minimum absolute atomic E-state index is 0.0670. The smallest absolute Gasteiger partial charge is 0.407 e. The molecule has 0 spiro atoms. The third-order valence-electron chi connectivity index (χ3n) is 5.99. The Labute approximate surface area is 208 Å². The van der Waals surface area contributed by atoms with Crippen LogP contribution in [0.5, 0.6) is 0 Å². The number of ether oxygens (including phenoxy) is 1. The number of fused-ring (bicyclic) bond motifs is 3. The van der Waals surface area contributed by atoms with Gasteiger partial charge in [-0.2, -0.15) is 0 Å². The van der Waals surface area contributed by atoms with Crippen LogP contribution in [-0.2, 0) is 9.53 Å². The van der Waals surface area contributed by atoms with E-state index in [1.54, 1.807) is 0 Å². The molecular weight excluding hydrogens is 468 g/mol. The summed E-state index contributed by atoms with van der Waals surface area (Å²) >= 11 is 5.89. The number of carboxylic acid groups (broad SMARTS) is 1. The topological polar surface area (TPSA) is 105 Å². The fourth-order valence-electron chi connectivity index (χ4n) is 4.34. The van der Waals surface area contributed by atoms with Crippen molar-refractivity contribution in [1.29, 1.82) is 0 Å². The molecule has 0 bridgehead atoms. The van der Waals surface area contributed by atoms with Gasteiger partial charge in [0.15, 0.2) is 0 Å². The summed E-state index contributed by atoms with van der Waals surface area (Å²) in [6.07, 6.45) is 0.334. The van der Waals surface area contributed by atoms with E-state index in [-0.39, 0.29) is 28.8 Å². The van der Waals surface area contributed by atoms with Crippen LogP contribution in [0.2, 0.25) is 5.02 Å². The van der Waals surface area contributed by atoms with E-state index >= 15 is 0 Å².